The lowest BCUT2D eigenvalue weighted by molar-refractivity contribution is -0.915. The number of nitrogens with one attached hydrogen (secondary N) is 2. The Hall–Kier alpha value is -3.39. The highest BCUT2D eigenvalue weighted by Crippen LogP contribution is 2.29. The molecule has 1 saturated heterocycles. The van der Waals surface area contributed by atoms with Crippen molar-refractivity contribution in [2.45, 2.75) is 13.5 Å². The Labute approximate surface area is 180 Å². The minimum absolute atomic E-state index is 0.0776. The van der Waals surface area contributed by atoms with Gasteiger partial charge in [-0.15, -0.1) is 0 Å². The number of aromatic nitrogens is 2. The van der Waals surface area contributed by atoms with Gasteiger partial charge in [-0.3, -0.25) is 9.59 Å². The van der Waals surface area contributed by atoms with E-state index in [0.29, 0.717) is 34.8 Å². The quantitative estimate of drug-likeness (QED) is 0.576. The zero-order chi connectivity index (χ0) is 22.0. The molecule has 3 aromatic rings. The minimum Gasteiger partial charge on any atom is -0.493 e. The number of Topliss-reactive ketones (excluding diaryl/α,β-unsaturated/α-hetero) is 1. The summed E-state index contributed by atoms with van der Waals surface area (Å²) in [5.41, 5.74) is 2.28. The molecule has 2 aromatic carbocycles. The van der Waals surface area contributed by atoms with Gasteiger partial charge in [0.2, 0.25) is 0 Å². The lowest BCUT2D eigenvalue weighted by Crippen LogP contribution is -3.13. The number of fused-ring (bicyclic) bond motifs is 1. The number of rotatable bonds is 6. The number of ether oxygens (including phenoxy) is 2. The summed E-state index contributed by atoms with van der Waals surface area (Å²) in [7, 11) is 3.11. The molecule has 1 aliphatic heterocycles. The molecule has 0 spiro atoms. The maximum atomic E-state index is 12.6. The second-order valence-corrected chi connectivity index (χ2v) is 7.75. The first-order valence-electron chi connectivity index (χ1n) is 10.3. The SMILES string of the molecule is COc1cc2nc(C[NH+]3CCN(c4ccc(C(C)=O)cc4)CC3)[nH]c(=O)c2cc1OC. The summed E-state index contributed by atoms with van der Waals surface area (Å²) < 4.78 is 10.6. The second-order valence-electron chi connectivity index (χ2n) is 7.75. The molecule has 0 aliphatic carbocycles. The van der Waals surface area contributed by atoms with Gasteiger partial charge in [0.25, 0.3) is 5.56 Å². The lowest BCUT2D eigenvalue weighted by Gasteiger charge is -2.33. The highest BCUT2D eigenvalue weighted by molar-refractivity contribution is 5.94. The molecule has 0 radical (unpaired) electrons. The zero-order valence-corrected chi connectivity index (χ0v) is 18.0. The molecule has 1 fully saturated rings. The van der Waals surface area contributed by atoms with E-state index in [9.17, 15) is 9.59 Å². The molecule has 0 bridgehead atoms. The van der Waals surface area contributed by atoms with Gasteiger partial charge >= 0.3 is 0 Å². The average molecular weight is 423 g/mol. The number of quaternary nitrogens is 1. The van der Waals surface area contributed by atoms with E-state index in [1.54, 1.807) is 33.3 Å². The van der Waals surface area contributed by atoms with Gasteiger partial charge in [-0.1, -0.05) is 0 Å². The van der Waals surface area contributed by atoms with Crippen LogP contribution in [0.5, 0.6) is 11.5 Å². The van der Waals surface area contributed by atoms with Gasteiger partial charge in [0.1, 0.15) is 6.54 Å². The maximum Gasteiger partial charge on any atom is 0.259 e. The fraction of sp³-hybridized carbons (Fsp3) is 0.348. The number of carbonyl (C=O) groups is 1. The number of hydrogen-bond acceptors (Lipinski definition) is 6. The molecular formula is C23H27N4O4+. The van der Waals surface area contributed by atoms with E-state index in [1.807, 2.05) is 24.3 Å². The molecule has 2 heterocycles. The predicted octanol–water partition coefficient (Wildman–Crippen LogP) is 1.05. The van der Waals surface area contributed by atoms with Crippen molar-refractivity contribution in [3.8, 4) is 11.5 Å². The van der Waals surface area contributed by atoms with E-state index < -0.39 is 0 Å². The van der Waals surface area contributed by atoms with Crippen LogP contribution in [0.2, 0.25) is 0 Å². The molecule has 1 aromatic heterocycles. The second kappa shape index (κ2) is 8.77. The Morgan fingerprint density at radius 3 is 2.35 bits per heavy atom. The molecule has 0 saturated carbocycles. The van der Waals surface area contributed by atoms with E-state index in [1.165, 1.54) is 4.90 Å². The third-order valence-electron chi connectivity index (χ3n) is 5.79. The predicted molar refractivity (Wildman–Crippen MR) is 119 cm³/mol. The summed E-state index contributed by atoms with van der Waals surface area (Å²) in [4.78, 5) is 35.3. The maximum absolute atomic E-state index is 12.6. The molecule has 8 nitrogen and oxygen atoms in total. The van der Waals surface area contributed by atoms with Crippen LogP contribution >= 0.6 is 0 Å². The van der Waals surface area contributed by atoms with Crippen molar-refractivity contribution in [1.29, 1.82) is 0 Å². The molecule has 0 amide bonds. The van der Waals surface area contributed by atoms with Gasteiger partial charge in [-0.2, -0.15) is 0 Å². The summed E-state index contributed by atoms with van der Waals surface area (Å²) in [6.45, 7) is 5.89. The Kier molecular flexibility index (Phi) is 5.90. The van der Waals surface area contributed by atoms with Crippen molar-refractivity contribution in [3.05, 3.63) is 58.1 Å². The van der Waals surface area contributed by atoms with E-state index in [4.69, 9.17) is 9.47 Å². The summed E-state index contributed by atoms with van der Waals surface area (Å²) in [5.74, 6) is 1.80. The van der Waals surface area contributed by atoms with Gasteiger partial charge in [0.05, 0.1) is 51.3 Å². The van der Waals surface area contributed by atoms with Gasteiger partial charge in [-0.25, -0.2) is 4.98 Å². The van der Waals surface area contributed by atoms with Crippen LogP contribution in [0.25, 0.3) is 10.9 Å². The van der Waals surface area contributed by atoms with E-state index in [0.717, 1.165) is 37.4 Å². The van der Waals surface area contributed by atoms with Crippen molar-refractivity contribution >= 4 is 22.4 Å². The number of nitrogens with zero attached hydrogens (tertiary/aromatic N) is 2. The van der Waals surface area contributed by atoms with Crippen LogP contribution in [0.1, 0.15) is 23.1 Å². The molecule has 0 atom stereocenters. The smallest absolute Gasteiger partial charge is 0.259 e. The van der Waals surface area contributed by atoms with Crippen LogP contribution in [0.4, 0.5) is 5.69 Å². The fourth-order valence-corrected chi connectivity index (χ4v) is 4.00. The third-order valence-corrected chi connectivity index (χ3v) is 5.79. The molecule has 162 valence electrons. The van der Waals surface area contributed by atoms with Gasteiger partial charge < -0.3 is 24.3 Å². The summed E-state index contributed by atoms with van der Waals surface area (Å²) in [6.07, 6.45) is 0. The number of piperazine rings is 1. The summed E-state index contributed by atoms with van der Waals surface area (Å²) in [6, 6.07) is 11.2. The summed E-state index contributed by atoms with van der Waals surface area (Å²) >= 11 is 0. The Balaban J connectivity index is 1.45. The van der Waals surface area contributed by atoms with Crippen LogP contribution in [0.15, 0.2) is 41.2 Å². The van der Waals surface area contributed by atoms with Crippen LogP contribution < -0.4 is 24.8 Å². The zero-order valence-electron chi connectivity index (χ0n) is 18.0. The number of H-pyrrole nitrogens is 1. The first kappa shape index (κ1) is 20.9. The van der Waals surface area contributed by atoms with Crippen LogP contribution in [-0.4, -0.2) is 56.1 Å². The van der Waals surface area contributed by atoms with Crippen molar-refractivity contribution < 1.29 is 19.2 Å². The molecule has 31 heavy (non-hydrogen) atoms. The standard InChI is InChI=1S/C23H26N4O4/c1-15(28)16-4-6-17(7-5-16)27-10-8-26(9-11-27)14-22-24-19-13-21(31-3)20(30-2)12-18(19)23(29)25-22/h4-7,12-13H,8-11,14H2,1-3H3,(H,24,25,29)/p+1. The molecule has 8 heteroatoms. The topological polar surface area (TPSA) is 89.0 Å². The number of hydrogen-bond donors (Lipinski definition) is 2. The monoisotopic (exact) mass is 423 g/mol. The Morgan fingerprint density at radius 2 is 1.74 bits per heavy atom. The number of anilines is 1. The van der Waals surface area contributed by atoms with Crippen LogP contribution in [-0.2, 0) is 6.54 Å². The van der Waals surface area contributed by atoms with Crippen molar-refractivity contribution in [3.63, 3.8) is 0 Å². The first-order chi connectivity index (χ1) is 15.0. The molecule has 2 N–H and O–H groups in total. The van der Waals surface area contributed by atoms with Crippen molar-refractivity contribution in [1.82, 2.24) is 9.97 Å². The van der Waals surface area contributed by atoms with Crippen LogP contribution in [0, 0.1) is 0 Å². The highest BCUT2D eigenvalue weighted by Gasteiger charge is 2.22. The number of benzene rings is 2. The normalized spacial score (nSPS) is 14.6. The lowest BCUT2D eigenvalue weighted by atomic mass is 10.1. The van der Waals surface area contributed by atoms with E-state index in [2.05, 4.69) is 14.9 Å². The highest BCUT2D eigenvalue weighted by atomic mass is 16.5. The first-order valence-corrected chi connectivity index (χ1v) is 10.3. The largest absolute Gasteiger partial charge is 0.493 e. The Morgan fingerprint density at radius 1 is 1.10 bits per heavy atom. The van der Waals surface area contributed by atoms with Crippen LogP contribution in [0.3, 0.4) is 0 Å². The molecule has 4 rings (SSSR count). The van der Waals surface area contributed by atoms with Gasteiger partial charge in [0, 0.05) is 17.3 Å². The number of carbonyl (C=O) groups excluding carboxylic acids is 1. The molecular weight excluding hydrogens is 396 g/mol. The molecule has 1 aliphatic rings. The van der Waals surface area contributed by atoms with Gasteiger partial charge in [0.15, 0.2) is 23.1 Å². The number of ketones is 1. The number of aromatic amines is 1. The van der Waals surface area contributed by atoms with Gasteiger partial charge in [-0.05, 0) is 37.3 Å². The Bertz CT molecular complexity index is 1150. The summed E-state index contributed by atoms with van der Waals surface area (Å²) in [5, 5.41) is 0.482. The van der Waals surface area contributed by atoms with Crippen molar-refractivity contribution in [2.75, 3.05) is 45.3 Å². The average Bonchev–Trinajstić information content (AvgIpc) is 2.79. The minimum atomic E-state index is -0.176. The third kappa shape index (κ3) is 4.39. The number of methoxy groups -OCH3 is 2. The van der Waals surface area contributed by atoms with E-state index >= 15 is 0 Å². The van der Waals surface area contributed by atoms with E-state index in [-0.39, 0.29) is 11.3 Å². The fourth-order valence-electron chi connectivity index (χ4n) is 4.00. The molecule has 0 unspecified atom stereocenters. The van der Waals surface area contributed by atoms with Crippen molar-refractivity contribution in [2.24, 2.45) is 0 Å².